The third kappa shape index (κ3) is 2.34. The molecule has 0 saturated carbocycles. The van der Waals surface area contributed by atoms with E-state index in [-0.39, 0.29) is 22.8 Å². The fourth-order valence-corrected chi connectivity index (χ4v) is 2.15. The predicted octanol–water partition coefficient (Wildman–Crippen LogP) is 0.0427. The van der Waals surface area contributed by atoms with E-state index < -0.39 is 0 Å². The third-order valence-electron chi connectivity index (χ3n) is 1.74. The minimum Gasteiger partial charge on any atom is -0.357 e. The molecule has 2 aliphatic rings. The van der Waals surface area contributed by atoms with Crippen LogP contribution in [0.2, 0.25) is 0 Å². The molecule has 0 aliphatic carbocycles. The molecule has 5 heteroatoms. The van der Waals surface area contributed by atoms with Gasteiger partial charge in [-0.05, 0) is 13.8 Å². The molecular weight excluding hydrogens is 176 g/mol. The van der Waals surface area contributed by atoms with Crippen LogP contribution in [0.3, 0.4) is 0 Å². The Hall–Kier alpha value is 0.190. The number of hydrogen-bond donors (Lipinski definition) is 2. The van der Waals surface area contributed by atoms with Crippen molar-refractivity contribution in [3.8, 4) is 0 Å². The van der Waals surface area contributed by atoms with Crippen LogP contribution in [0, 0.1) is 0 Å². The van der Waals surface area contributed by atoms with Gasteiger partial charge >= 0.3 is 0 Å². The van der Waals surface area contributed by atoms with E-state index in [4.69, 9.17) is 15.2 Å². The lowest BCUT2D eigenvalue weighted by molar-refractivity contribution is 0.341. The van der Waals surface area contributed by atoms with Crippen LogP contribution in [0.1, 0.15) is 13.8 Å². The molecular formula is C7H14N2O2S. The second kappa shape index (κ2) is 2.85. The Labute approximate surface area is 76.2 Å². The maximum absolute atomic E-state index is 5.52. The van der Waals surface area contributed by atoms with E-state index in [1.54, 1.807) is 11.8 Å². The van der Waals surface area contributed by atoms with Crippen molar-refractivity contribution in [3.63, 3.8) is 0 Å². The van der Waals surface area contributed by atoms with Crippen LogP contribution in [0.15, 0.2) is 0 Å². The molecule has 0 aromatic carbocycles. The van der Waals surface area contributed by atoms with Gasteiger partial charge in [0.15, 0.2) is 0 Å². The van der Waals surface area contributed by atoms with E-state index >= 15 is 0 Å². The van der Waals surface area contributed by atoms with Gasteiger partial charge in [-0.3, -0.25) is 5.32 Å². The van der Waals surface area contributed by atoms with Crippen LogP contribution < -0.4 is 11.1 Å². The van der Waals surface area contributed by atoms with Crippen LogP contribution in [0.4, 0.5) is 0 Å². The van der Waals surface area contributed by atoms with Gasteiger partial charge in [0, 0.05) is 0 Å². The summed E-state index contributed by atoms with van der Waals surface area (Å²) in [7, 11) is 0. The highest BCUT2D eigenvalue weighted by atomic mass is 32.2. The Morgan fingerprint density at radius 1 is 1.58 bits per heavy atom. The highest BCUT2D eigenvalue weighted by Crippen LogP contribution is 2.37. The summed E-state index contributed by atoms with van der Waals surface area (Å²) >= 11 is 1.71. The molecule has 0 aromatic rings. The van der Waals surface area contributed by atoms with E-state index in [9.17, 15) is 0 Å². The zero-order valence-corrected chi connectivity index (χ0v) is 8.06. The smallest absolute Gasteiger partial charge is 0.146 e. The number of nitrogens with one attached hydrogen (secondary N) is 1. The van der Waals surface area contributed by atoms with E-state index in [1.807, 2.05) is 0 Å². The summed E-state index contributed by atoms with van der Waals surface area (Å²) in [5.74, 6) is 0. The van der Waals surface area contributed by atoms with Gasteiger partial charge in [-0.25, -0.2) is 0 Å². The molecule has 2 fully saturated rings. The summed E-state index contributed by atoms with van der Waals surface area (Å²) < 4.78 is 10.2. The first-order valence-corrected chi connectivity index (χ1v) is 4.93. The van der Waals surface area contributed by atoms with Crippen molar-refractivity contribution in [3.05, 3.63) is 0 Å². The SMILES string of the molecule is CC(C)(NC1CO1)SC1OC1N. The lowest BCUT2D eigenvalue weighted by Gasteiger charge is -2.23. The zero-order valence-electron chi connectivity index (χ0n) is 7.24. The zero-order chi connectivity index (χ0) is 8.77. The molecule has 0 amide bonds. The molecule has 3 atom stereocenters. The minimum absolute atomic E-state index is 0.0139. The first-order chi connectivity index (χ1) is 5.57. The maximum atomic E-state index is 5.52. The van der Waals surface area contributed by atoms with Crippen LogP contribution in [0.5, 0.6) is 0 Å². The van der Waals surface area contributed by atoms with Gasteiger partial charge in [-0.2, -0.15) is 0 Å². The Bertz CT molecular complexity index is 184. The van der Waals surface area contributed by atoms with Crippen molar-refractivity contribution >= 4 is 11.8 Å². The van der Waals surface area contributed by atoms with Crippen LogP contribution >= 0.6 is 11.8 Å². The van der Waals surface area contributed by atoms with Crippen molar-refractivity contribution < 1.29 is 9.47 Å². The van der Waals surface area contributed by atoms with E-state index in [1.165, 1.54) is 0 Å². The van der Waals surface area contributed by atoms with E-state index in [0.717, 1.165) is 6.61 Å². The molecule has 0 spiro atoms. The number of ether oxygens (including phenoxy) is 2. The van der Waals surface area contributed by atoms with Crippen LogP contribution in [-0.4, -0.2) is 29.4 Å². The molecule has 2 aliphatic heterocycles. The van der Waals surface area contributed by atoms with Gasteiger partial charge in [-0.1, -0.05) is 0 Å². The largest absolute Gasteiger partial charge is 0.357 e. The highest BCUT2D eigenvalue weighted by molar-refractivity contribution is 8.01. The van der Waals surface area contributed by atoms with Crippen molar-refractivity contribution in [2.75, 3.05) is 6.61 Å². The molecule has 70 valence electrons. The van der Waals surface area contributed by atoms with Gasteiger partial charge in [0.2, 0.25) is 0 Å². The van der Waals surface area contributed by atoms with Gasteiger partial charge in [0.25, 0.3) is 0 Å². The normalized spacial score (nSPS) is 39.8. The third-order valence-corrected chi connectivity index (χ3v) is 3.05. The highest BCUT2D eigenvalue weighted by Gasteiger charge is 2.42. The second-order valence-electron chi connectivity index (χ2n) is 3.56. The fourth-order valence-electron chi connectivity index (χ4n) is 1.05. The van der Waals surface area contributed by atoms with Crippen LogP contribution in [-0.2, 0) is 9.47 Å². The van der Waals surface area contributed by atoms with Gasteiger partial charge < -0.3 is 15.2 Å². The second-order valence-corrected chi connectivity index (χ2v) is 5.28. The van der Waals surface area contributed by atoms with Crippen LogP contribution in [0.25, 0.3) is 0 Å². The van der Waals surface area contributed by atoms with Crippen molar-refractivity contribution in [1.29, 1.82) is 0 Å². The molecule has 2 rings (SSSR count). The molecule has 0 radical (unpaired) electrons. The predicted molar refractivity (Wildman–Crippen MR) is 47.4 cm³/mol. The number of hydrogen-bond acceptors (Lipinski definition) is 5. The lowest BCUT2D eigenvalue weighted by Crippen LogP contribution is -2.39. The summed E-state index contributed by atoms with van der Waals surface area (Å²) in [5, 5.41) is 3.33. The standard InChI is InChI=1S/C7H14N2O2S/c1-7(2,9-4-3-10-4)12-6-5(8)11-6/h4-6,9H,3,8H2,1-2H3. The number of epoxide rings is 2. The summed E-state index contributed by atoms with van der Waals surface area (Å²) in [4.78, 5) is -0.0139. The lowest BCUT2D eigenvalue weighted by atomic mass is 10.4. The average Bonchev–Trinajstić information content (AvgIpc) is 2.75. The molecule has 2 heterocycles. The molecule has 0 bridgehead atoms. The summed E-state index contributed by atoms with van der Waals surface area (Å²) in [6, 6.07) is 0. The molecule has 12 heavy (non-hydrogen) atoms. The fraction of sp³-hybridized carbons (Fsp3) is 1.00. The monoisotopic (exact) mass is 190 g/mol. The van der Waals surface area contributed by atoms with E-state index in [0.29, 0.717) is 0 Å². The van der Waals surface area contributed by atoms with Gasteiger partial charge in [0.1, 0.15) is 17.9 Å². The van der Waals surface area contributed by atoms with E-state index in [2.05, 4.69) is 19.2 Å². The topological polar surface area (TPSA) is 63.1 Å². The van der Waals surface area contributed by atoms with Crippen molar-refractivity contribution in [2.24, 2.45) is 5.73 Å². The minimum atomic E-state index is -0.0730. The molecule has 3 N–H and O–H groups in total. The van der Waals surface area contributed by atoms with Gasteiger partial charge in [-0.15, -0.1) is 11.8 Å². The summed E-state index contributed by atoms with van der Waals surface area (Å²) in [5.41, 5.74) is 5.68. The van der Waals surface area contributed by atoms with Gasteiger partial charge in [0.05, 0.1) is 11.5 Å². The Morgan fingerprint density at radius 2 is 2.17 bits per heavy atom. The molecule has 0 aromatic heterocycles. The molecule has 3 unspecified atom stereocenters. The first kappa shape index (κ1) is 8.77. The summed E-state index contributed by atoms with van der Waals surface area (Å²) in [6.07, 6.45) is 0.165. The number of thioether (sulfide) groups is 1. The Morgan fingerprint density at radius 3 is 2.58 bits per heavy atom. The van der Waals surface area contributed by atoms with Crippen molar-refractivity contribution in [2.45, 2.75) is 36.6 Å². The maximum Gasteiger partial charge on any atom is 0.146 e. The summed E-state index contributed by atoms with van der Waals surface area (Å²) in [6.45, 7) is 5.03. The number of rotatable bonds is 4. The van der Waals surface area contributed by atoms with Crippen molar-refractivity contribution in [1.82, 2.24) is 5.32 Å². The molecule has 2 saturated heterocycles. The Kier molecular flexibility index (Phi) is 2.08. The number of nitrogens with two attached hydrogens (primary N) is 1. The quantitative estimate of drug-likeness (QED) is 0.484. The Balaban J connectivity index is 1.74. The molecule has 4 nitrogen and oxygen atoms in total. The average molecular weight is 190 g/mol. The first-order valence-electron chi connectivity index (χ1n) is 4.05.